The molecule has 4 atom stereocenters. The van der Waals surface area contributed by atoms with E-state index in [1.807, 2.05) is 12.2 Å². The minimum atomic E-state index is -0.873. The molecule has 8 nitrogen and oxygen atoms in total. The van der Waals surface area contributed by atoms with Gasteiger partial charge in [-0.05, 0) is 25.2 Å². The number of allylic oxidation sites excluding steroid dienone is 3. The largest absolute Gasteiger partial charge is 0.456 e. The SMILES string of the molecule is C/C(N)=C(/C#N)C(=O)COC(=O)CN1C(=O)[C@@H]2[C@@H](C1=O)[C@H]1C=C[C@H]2C1. The van der Waals surface area contributed by atoms with Gasteiger partial charge in [0.15, 0.2) is 6.61 Å². The van der Waals surface area contributed by atoms with Gasteiger partial charge in [0, 0.05) is 5.70 Å². The van der Waals surface area contributed by atoms with Crippen molar-refractivity contribution in [2.24, 2.45) is 29.4 Å². The van der Waals surface area contributed by atoms with Crippen LogP contribution in [-0.4, -0.2) is 41.6 Å². The monoisotopic (exact) mass is 343 g/mol. The summed E-state index contributed by atoms with van der Waals surface area (Å²) in [5, 5.41) is 8.83. The molecule has 130 valence electrons. The maximum Gasteiger partial charge on any atom is 0.326 e. The van der Waals surface area contributed by atoms with E-state index in [-0.39, 0.29) is 46.8 Å². The van der Waals surface area contributed by atoms with E-state index in [4.69, 9.17) is 15.7 Å². The maximum absolute atomic E-state index is 12.4. The fourth-order valence-corrected chi connectivity index (χ4v) is 3.88. The lowest BCUT2D eigenvalue weighted by Crippen LogP contribution is -2.38. The number of Topliss-reactive ketones (excluding diaryl/α,β-unsaturated/α-hetero) is 1. The number of rotatable bonds is 5. The number of amides is 2. The van der Waals surface area contributed by atoms with Crippen molar-refractivity contribution >= 4 is 23.6 Å². The molecule has 1 heterocycles. The number of hydrogen-bond acceptors (Lipinski definition) is 7. The Morgan fingerprint density at radius 1 is 1.28 bits per heavy atom. The van der Waals surface area contributed by atoms with Gasteiger partial charge in [0.25, 0.3) is 0 Å². The van der Waals surface area contributed by atoms with Crippen LogP contribution in [0.5, 0.6) is 0 Å². The van der Waals surface area contributed by atoms with E-state index in [1.54, 1.807) is 6.07 Å². The summed E-state index contributed by atoms with van der Waals surface area (Å²) in [5.74, 6) is -2.96. The summed E-state index contributed by atoms with van der Waals surface area (Å²) in [4.78, 5) is 49.4. The number of nitrogens with zero attached hydrogens (tertiary/aromatic N) is 2. The number of imide groups is 1. The highest BCUT2D eigenvalue weighted by atomic mass is 16.5. The van der Waals surface area contributed by atoms with E-state index >= 15 is 0 Å². The zero-order valence-electron chi connectivity index (χ0n) is 13.6. The number of nitriles is 1. The van der Waals surface area contributed by atoms with Crippen molar-refractivity contribution < 1.29 is 23.9 Å². The highest BCUT2D eigenvalue weighted by molar-refractivity contribution is 6.08. The quantitative estimate of drug-likeness (QED) is 0.237. The van der Waals surface area contributed by atoms with Crippen molar-refractivity contribution in [3.63, 3.8) is 0 Å². The molecule has 2 N–H and O–H groups in total. The molecule has 2 aliphatic carbocycles. The molecule has 3 aliphatic rings. The number of esters is 1. The van der Waals surface area contributed by atoms with Crippen LogP contribution in [0.4, 0.5) is 0 Å². The van der Waals surface area contributed by atoms with Crippen molar-refractivity contribution in [3.8, 4) is 6.07 Å². The van der Waals surface area contributed by atoms with E-state index in [0.717, 1.165) is 11.3 Å². The van der Waals surface area contributed by atoms with Crippen LogP contribution in [0, 0.1) is 35.0 Å². The van der Waals surface area contributed by atoms with Gasteiger partial charge < -0.3 is 10.5 Å². The molecular formula is C17H17N3O5. The van der Waals surface area contributed by atoms with Crippen molar-refractivity contribution in [2.75, 3.05) is 13.2 Å². The third-order valence-electron chi connectivity index (χ3n) is 5.00. The minimum Gasteiger partial charge on any atom is -0.456 e. The average molecular weight is 343 g/mol. The molecule has 25 heavy (non-hydrogen) atoms. The molecule has 2 bridgehead atoms. The Hall–Kier alpha value is -2.95. The van der Waals surface area contributed by atoms with E-state index in [0.29, 0.717) is 0 Å². The Morgan fingerprint density at radius 3 is 2.32 bits per heavy atom. The fraction of sp³-hybridized carbons (Fsp3) is 0.471. The van der Waals surface area contributed by atoms with Crippen LogP contribution in [0.25, 0.3) is 0 Å². The third-order valence-corrected chi connectivity index (χ3v) is 5.00. The van der Waals surface area contributed by atoms with E-state index in [2.05, 4.69) is 0 Å². The van der Waals surface area contributed by atoms with Gasteiger partial charge in [-0.2, -0.15) is 5.26 Å². The summed E-state index contributed by atoms with van der Waals surface area (Å²) < 4.78 is 4.80. The van der Waals surface area contributed by atoms with E-state index in [1.165, 1.54) is 6.92 Å². The summed E-state index contributed by atoms with van der Waals surface area (Å²) in [6.07, 6.45) is 4.73. The standard InChI is InChI=1S/C17H17N3O5/c1-8(19)11(5-18)12(21)7-25-13(22)6-20-16(23)14-9-2-3-10(4-9)15(14)17(20)24/h2-3,9-10,14-15H,4,6-7,19H2,1H3/b11-8+/t9-,10-,14-,15-/m0/s1. The molecule has 0 spiro atoms. The molecule has 2 fully saturated rings. The molecular weight excluding hydrogens is 326 g/mol. The normalized spacial score (nSPS) is 30.2. The number of fused-ring (bicyclic) bond motifs is 5. The van der Waals surface area contributed by atoms with Gasteiger partial charge in [-0.1, -0.05) is 12.2 Å². The van der Waals surface area contributed by atoms with Gasteiger partial charge in [-0.25, -0.2) is 0 Å². The molecule has 0 aromatic heterocycles. The molecule has 2 amide bonds. The smallest absolute Gasteiger partial charge is 0.326 e. The number of carbonyl (C=O) groups is 4. The molecule has 1 saturated heterocycles. The van der Waals surface area contributed by atoms with Gasteiger partial charge in [-0.3, -0.25) is 24.1 Å². The van der Waals surface area contributed by atoms with Crippen LogP contribution < -0.4 is 5.73 Å². The highest BCUT2D eigenvalue weighted by Gasteiger charge is 2.59. The predicted octanol–water partition coefficient (Wildman–Crippen LogP) is -0.338. The second-order valence-corrected chi connectivity index (χ2v) is 6.52. The van der Waals surface area contributed by atoms with Gasteiger partial charge in [0.05, 0.1) is 11.8 Å². The second kappa shape index (κ2) is 6.16. The Bertz CT molecular complexity index is 742. The third kappa shape index (κ3) is 2.71. The van der Waals surface area contributed by atoms with Gasteiger partial charge >= 0.3 is 5.97 Å². The Morgan fingerprint density at radius 2 is 1.84 bits per heavy atom. The number of ketones is 1. The van der Waals surface area contributed by atoms with Crippen molar-refractivity contribution in [1.29, 1.82) is 5.26 Å². The number of ether oxygens (including phenoxy) is 1. The van der Waals surface area contributed by atoms with Crippen LogP contribution >= 0.6 is 0 Å². The summed E-state index contributed by atoms with van der Waals surface area (Å²) in [6, 6.07) is 1.64. The lowest BCUT2D eigenvalue weighted by Gasteiger charge is -2.16. The highest BCUT2D eigenvalue weighted by Crippen LogP contribution is 2.52. The Labute approximate surface area is 143 Å². The first-order valence-electron chi connectivity index (χ1n) is 7.94. The predicted molar refractivity (Wildman–Crippen MR) is 82.9 cm³/mol. The van der Waals surface area contributed by atoms with Crippen LogP contribution in [0.1, 0.15) is 13.3 Å². The Balaban J connectivity index is 1.59. The van der Waals surface area contributed by atoms with Gasteiger partial charge in [-0.15, -0.1) is 0 Å². The first kappa shape index (κ1) is 16.9. The zero-order chi connectivity index (χ0) is 18.3. The Kier molecular flexibility index (Phi) is 4.17. The van der Waals surface area contributed by atoms with Crippen LogP contribution in [0.3, 0.4) is 0 Å². The average Bonchev–Trinajstić information content (AvgIpc) is 3.23. The lowest BCUT2D eigenvalue weighted by atomic mass is 9.85. The second-order valence-electron chi connectivity index (χ2n) is 6.52. The molecule has 3 rings (SSSR count). The first-order valence-corrected chi connectivity index (χ1v) is 7.94. The van der Waals surface area contributed by atoms with Crippen molar-refractivity contribution in [3.05, 3.63) is 23.4 Å². The number of nitrogens with two attached hydrogens (primary N) is 1. The van der Waals surface area contributed by atoms with Crippen LogP contribution in [-0.2, 0) is 23.9 Å². The van der Waals surface area contributed by atoms with Crippen LogP contribution in [0.2, 0.25) is 0 Å². The number of hydrogen-bond donors (Lipinski definition) is 1. The molecule has 0 unspecified atom stereocenters. The topological polar surface area (TPSA) is 131 Å². The molecule has 0 aromatic rings. The molecule has 1 saturated carbocycles. The lowest BCUT2D eigenvalue weighted by molar-refractivity contribution is -0.154. The maximum atomic E-state index is 12.4. The summed E-state index contributed by atoms with van der Waals surface area (Å²) >= 11 is 0. The molecule has 1 aliphatic heterocycles. The number of likely N-dealkylation sites (tertiary alicyclic amines) is 1. The fourth-order valence-electron chi connectivity index (χ4n) is 3.88. The zero-order valence-corrected chi connectivity index (χ0v) is 13.6. The van der Waals surface area contributed by atoms with E-state index in [9.17, 15) is 19.2 Å². The summed E-state index contributed by atoms with van der Waals surface area (Å²) in [7, 11) is 0. The summed E-state index contributed by atoms with van der Waals surface area (Å²) in [5.41, 5.74) is 5.15. The molecule has 0 radical (unpaired) electrons. The first-order chi connectivity index (χ1) is 11.8. The van der Waals surface area contributed by atoms with Crippen molar-refractivity contribution in [1.82, 2.24) is 4.90 Å². The van der Waals surface area contributed by atoms with Crippen LogP contribution in [0.15, 0.2) is 23.4 Å². The summed E-state index contributed by atoms with van der Waals surface area (Å²) in [6.45, 7) is 0.206. The van der Waals surface area contributed by atoms with Gasteiger partial charge in [0.1, 0.15) is 18.2 Å². The molecule has 8 heteroatoms. The minimum absolute atomic E-state index is 0.0317. The van der Waals surface area contributed by atoms with Gasteiger partial charge in [0.2, 0.25) is 17.6 Å². The molecule has 0 aromatic carbocycles. The van der Waals surface area contributed by atoms with Crippen molar-refractivity contribution in [2.45, 2.75) is 13.3 Å². The number of carbonyl (C=O) groups excluding carboxylic acids is 4. The van der Waals surface area contributed by atoms with E-state index < -0.39 is 24.9 Å².